The Morgan fingerprint density at radius 3 is 2.74 bits per heavy atom. The second kappa shape index (κ2) is 9.16. The average Bonchev–Trinajstić information content (AvgIpc) is 3.10. The molecule has 9 heteroatoms. The lowest BCUT2D eigenvalue weighted by atomic mass is 10.2. The number of para-hydroxylation sites is 1. The van der Waals surface area contributed by atoms with Crippen molar-refractivity contribution in [1.82, 2.24) is 10.2 Å². The predicted octanol–water partition coefficient (Wildman–Crippen LogP) is 5.03. The van der Waals surface area contributed by atoms with E-state index in [9.17, 15) is 9.18 Å². The van der Waals surface area contributed by atoms with Crippen molar-refractivity contribution in [2.24, 2.45) is 0 Å². The molecule has 1 N–H and O–H groups in total. The molecule has 0 unspecified atom stereocenters. The van der Waals surface area contributed by atoms with Crippen LogP contribution >= 0.6 is 34.7 Å². The van der Waals surface area contributed by atoms with E-state index in [-0.39, 0.29) is 11.7 Å². The summed E-state index contributed by atoms with van der Waals surface area (Å²) in [6.45, 7) is 1.63. The van der Waals surface area contributed by atoms with Gasteiger partial charge in [-0.2, -0.15) is 0 Å². The fraction of sp³-hybridized carbons (Fsp3) is 0.167. The smallest absolute Gasteiger partial charge is 0.266 e. The third kappa shape index (κ3) is 5.66. The highest BCUT2D eigenvalue weighted by molar-refractivity contribution is 8.00. The molecule has 3 rings (SSSR count). The zero-order valence-electron chi connectivity index (χ0n) is 14.2. The van der Waals surface area contributed by atoms with Gasteiger partial charge in [-0.3, -0.25) is 10.1 Å². The van der Waals surface area contributed by atoms with Gasteiger partial charge in [-0.1, -0.05) is 59.0 Å². The molecule has 1 heterocycles. The van der Waals surface area contributed by atoms with Crippen molar-refractivity contribution in [3.8, 4) is 5.75 Å². The molecule has 0 saturated heterocycles. The average molecular weight is 424 g/mol. The number of halogens is 2. The van der Waals surface area contributed by atoms with E-state index in [4.69, 9.17) is 16.3 Å². The number of ether oxygens (including phenoxy) is 1. The third-order valence-corrected chi connectivity index (χ3v) is 5.78. The highest BCUT2D eigenvalue weighted by Crippen LogP contribution is 2.29. The topological polar surface area (TPSA) is 64.1 Å². The Bertz CT molecular complexity index is 921. The molecule has 1 aromatic heterocycles. The quantitative estimate of drug-likeness (QED) is 0.426. The van der Waals surface area contributed by atoms with Crippen molar-refractivity contribution in [1.29, 1.82) is 0 Å². The van der Waals surface area contributed by atoms with Gasteiger partial charge in [-0.25, -0.2) is 4.39 Å². The van der Waals surface area contributed by atoms with Crippen molar-refractivity contribution in [3.63, 3.8) is 0 Å². The fourth-order valence-electron chi connectivity index (χ4n) is 2.04. The SMILES string of the molecule is C[C@@H](Oc1ccccc1Cl)C(=O)Nc1nnc(SCc2ccc(F)cc2)s1. The lowest BCUT2D eigenvalue weighted by molar-refractivity contribution is -0.122. The van der Waals surface area contributed by atoms with Crippen LogP contribution in [0.25, 0.3) is 0 Å². The summed E-state index contributed by atoms with van der Waals surface area (Å²) in [5.41, 5.74) is 0.976. The number of aromatic nitrogens is 2. The number of benzene rings is 2. The van der Waals surface area contributed by atoms with Gasteiger partial charge >= 0.3 is 0 Å². The van der Waals surface area contributed by atoms with Crippen molar-refractivity contribution >= 4 is 45.7 Å². The van der Waals surface area contributed by atoms with Crippen molar-refractivity contribution in [3.05, 3.63) is 64.9 Å². The molecule has 27 heavy (non-hydrogen) atoms. The summed E-state index contributed by atoms with van der Waals surface area (Å²) in [4.78, 5) is 12.3. The molecule has 5 nitrogen and oxygen atoms in total. The van der Waals surface area contributed by atoms with E-state index in [0.717, 1.165) is 5.56 Å². The summed E-state index contributed by atoms with van der Waals surface area (Å²) in [6, 6.07) is 13.2. The minimum absolute atomic E-state index is 0.266. The van der Waals surface area contributed by atoms with Gasteiger partial charge in [-0.15, -0.1) is 10.2 Å². The molecular formula is C18H15ClFN3O2S2. The lowest BCUT2D eigenvalue weighted by Crippen LogP contribution is -2.30. The number of carbonyl (C=O) groups excluding carboxylic acids is 1. The molecule has 0 spiro atoms. The maximum Gasteiger partial charge on any atom is 0.266 e. The van der Waals surface area contributed by atoms with Crippen molar-refractivity contribution in [2.75, 3.05) is 5.32 Å². The normalized spacial score (nSPS) is 11.8. The van der Waals surface area contributed by atoms with Crippen molar-refractivity contribution < 1.29 is 13.9 Å². The summed E-state index contributed by atoms with van der Waals surface area (Å²) in [6.07, 6.45) is -0.746. The standard InChI is InChI=1S/C18H15ClFN3O2S2/c1-11(25-15-5-3-2-4-14(15)19)16(24)21-17-22-23-18(27-17)26-10-12-6-8-13(20)9-7-12/h2-9,11H,10H2,1H3,(H,21,22,24)/t11-/m1/s1. The van der Waals surface area contributed by atoms with Crippen LogP contribution in [-0.2, 0) is 10.5 Å². The number of amides is 1. The van der Waals surface area contributed by atoms with E-state index in [2.05, 4.69) is 15.5 Å². The molecule has 0 aliphatic rings. The zero-order chi connectivity index (χ0) is 19.2. The Hall–Kier alpha value is -2.16. The monoisotopic (exact) mass is 423 g/mol. The van der Waals surface area contributed by atoms with Gasteiger partial charge in [0.15, 0.2) is 10.4 Å². The molecule has 0 saturated carbocycles. The highest BCUT2D eigenvalue weighted by Gasteiger charge is 2.18. The molecule has 2 aromatic carbocycles. The maximum atomic E-state index is 12.9. The highest BCUT2D eigenvalue weighted by atomic mass is 35.5. The van der Waals surface area contributed by atoms with Crippen LogP contribution in [0.1, 0.15) is 12.5 Å². The maximum absolute atomic E-state index is 12.9. The summed E-state index contributed by atoms with van der Waals surface area (Å²) < 4.78 is 19.2. The van der Waals surface area contributed by atoms with E-state index in [1.807, 2.05) is 0 Å². The van der Waals surface area contributed by atoms with Gasteiger partial charge in [0.2, 0.25) is 5.13 Å². The Morgan fingerprint density at radius 1 is 1.26 bits per heavy atom. The number of anilines is 1. The number of nitrogens with zero attached hydrogens (tertiary/aromatic N) is 2. The fourth-order valence-corrected chi connectivity index (χ4v) is 3.93. The molecule has 1 atom stereocenters. The van der Waals surface area contributed by atoms with Crippen LogP contribution in [0.2, 0.25) is 5.02 Å². The molecule has 140 valence electrons. The lowest BCUT2D eigenvalue weighted by Gasteiger charge is -2.14. The summed E-state index contributed by atoms with van der Waals surface area (Å²) in [5.74, 6) is 0.461. The zero-order valence-corrected chi connectivity index (χ0v) is 16.6. The number of carbonyl (C=O) groups is 1. The largest absolute Gasteiger partial charge is 0.479 e. The van der Waals surface area contributed by atoms with Gasteiger partial charge in [0, 0.05) is 5.75 Å². The first-order valence-electron chi connectivity index (χ1n) is 7.94. The van der Waals surface area contributed by atoms with Crippen LogP contribution in [0.4, 0.5) is 9.52 Å². The Labute approximate surface area is 168 Å². The van der Waals surface area contributed by atoms with Crippen LogP contribution in [-0.4, -0.2) is 22.2 Å². The second-order valence-corrected chi connectivity index (χ2v) is 8.08. The minimum Gasteiger partial charge on any atom is -0.479 e. The van der Waals surface area contributed by atoms with Gasteiger partial charge < -0.3 is 4.74 Å². The van der Waals surface area contributed by atoms with E-state index in [0.29, 0.717) is 26.0 Å². The van der Waals surface area contributed by atoms with E-state index < -0.39 is 6.10 Å². The summed E-state index contributed by atoms with van der Waals surface area (Å²) in [5, 5.41) is 11.5. The van der Waals surface area contributed by atoms with Gasteiger partial charge in [-0.05, 0) is 36.8 Å². The first kappa shape index (κ1) is 19.6. The van der Waals surface area contributed by atoms with Gasteiger partial charge in [0.25, 0.3) is 5.91 Å². The van der Waals surface area contributed by atoms with Crippen LogP contribution in [0, 0.1) is 5.82 Å². The molecule has 0 aliphatic carbocycles. The van der Waals surface area contributed by atoms with Crippen LogP contribution in [0.15, 0.2) is 52.9 Å². The number of hydrogen-bond donors (Lipinski definition) is 1. The molecule has 0 radical (unpaired) electrons. The Kier molecular flexibility index (Phi) is 6.65. The Balaban J connectivity index is 1.52. The third-order valence-electron chi connectivity index (χ3n) is 3.42. The first-order valence-corrected chi connectivity index (χ1v) is 10.1. The molecule has 1 amide bonds. The summed E-state index contributed by atoms with van der Waals surface area (Å²) >= 11 is 8.76. The van der Waals surface area contributed by atoms with E-state index in [1.54, 1.807) is 43.3 Å². The molecule has 3 aromatic rings. The summed E-state index contributed by atoms with van der Waals surface area (Å²) in [7, 11) is 0. The van der Waals surface area contributed by atoms with E-state index in [1.165, 1.54) is 35.2 Å². The molecule has 0 fully saturated rings. The minimum atomic E-state index is -0.746. The number of nitrogens with one attached hydrogen (secondary N) is 1. The van der Waals surface area contributed by atoms with Crippen molar-refractivity contribution in [2.45, 2.75) is 23.1 Å². The molecular weight excluding hydrogens is 409 g/mol. The number of thioether (sulfide) groups is 1. The number of hydrogen-bond acceptors (Lipinski definition) is 6. The Morgan fingerprint density at radius 2 is 2.00 bits per heavy atom. The first-order chi connectivity index (χ1) is 13.0. The number of rotatable bonds is 7. The van der Waals surface area contributed by atoms with Gasteiger partial charge in [0.1, 0.15) is 11.6 Å². The molecule has 0 aliphatic heterocycles. The predicted molar refractivity (Wildman–Crippen MR) is 106 cm³/mol. The second-order valence-electron chi connectivity index (χ2n) is 5.47. The van der Waals surface area contributed by atoms with Gasteiger partial charge in [0.05, 0.1) is 5.02 Å². The molecule has 0 bridgehead atoms. The van der Waals surface area contributed by atoms with Crippen LogP contribution in [0.3, 0.4) is 0 Å². The van der Waals surface area contributed by atoms with Crippen LogP contribution in [0.5, 0.6) is 5.75 Å². The van der Waals surface area contributed by atoms with E-state index >= 15 is 0 Å². The van der Waals surface area contributed by atoms with Crippen LogP contribution < -0.4 is 10.1 Å².